The predicted octanol–water partition coefficient (Wildman–Crippen LogP) is 3.64. The third kappa shape index (κ3) is 3.32. The molecule has 3 atom stereocenters. The minimum absolute atomic E-state index is 0.203. The van der Waals surface area contributed by atoms with Crippen molar-refractivity contribution in [1.29, 1.82) is 0 Å². The first-order valence-electron chi connectivity index (χ1n) is 10.0. The van der Waals surface area contributed by atoms with Crippen LogP contribution in [0.5, 0.6) is 5.88 Å². The van der Waals surface area contributed by atoms with Gasteiger partial charge in [-0.25, -0.2) is 9.67 Å². The molecule has 1 saturated heterocycles. The lowest BCUT2D eigenvalue weighted by Crippen LogP contribution is -2.31. The number of halogens is 1. The second-order valence-corrected chi connectivity index (χ2v) is 8.22. The molecule has 0 saturated carbocycles. The molecule has 0 aliphatic carbocycles. The molecule has 154 valence electrons. The second kappa shape index (κ2) is 7.14. The molecule has 5 rings (SSSR count). The summed E-state index contributed by atoms with van der Waals surface area (Å²) in [6, 6.07) is 0.267. The summed E-state index contributed by atoms with van der Waals surface area (Å²) < 4.78 is 15.8. The van der Waals surface area contributed by atoms with Crippen LogP contribution in [0.15, 0.2) is 6.20 Å². The number of aromatic nitrogens is 6. The third-order valence-corrected chi connectivity index (χ3v) is 5.85. The molecule has 0 unspecified atom stereocenters. The van der Waals surface area contributed by atoms with Gasteiger partial charge in [-0.3, -0.25) is 4.68 Å². The number of hydrogen-bond donors (Lipinski definition) is 1. The number of nitrogens with zero attached hydrogens (tertiary/aromatic N) is 6. The van der Waals surface area contributed by atoms with Gasteiger partial charge in [0.05, 0.1) is 35.9 Å². The zero-order valence-corrected chi connectivity index (χ0v) is 17.5. The van der Waals surface area contributed by atoms with E-state index in [1.807, 2.05) is 6.92 Å². The summed E-state index contributed by atoms with van der Waals surface area (Å²) in [4.78, 5) is 9.07. The van der Waals surface area contributed by atoms with E-state index >= 15 is 0 Å². The predicted molar refractivity (Wildman–Crippen MR) is 109 cm³/mol. The van der Waals surface area contributed by atoms with Gasteiger partial charge >= 0.3 is 0 Å². The highest BCUT2D eigenvalue weighted by Gasteiger charge is 2.30. The van der Waals surface area contributed by atoms with Crippen LogP contribution in [0, 0.1) is 6.92 Å². The Labute approximate surface area is 173 Å². The molecule has 10 heteroatoms. The van der Waals surface area contributed by atoms with Crippen LogP contribution in [0.1, 0.15) is 44.8 Å². The van der Waals surface area contributed by atoms with Gasteiger partial charge in [-0.1, -0.05) is 11.6 Å². The number of fused-ring (bicyclic) bond motifs is 2. The van der Waals surface area contributed by atoms with E-state index in [9.17, 15) is 0 Å². The lowest BCUT2D eigenvalue weighted by atomic mass is 10.00. The van der Waals surface area contributed by atoms with E-state index in [1.54, 1.807) is 10.9 Å². The van der Waals surface area contributed by atoms with Crippen molar-refractivity contribution >= 4 is 34.3 Å². The Morgan fingerprint density at radius 1 is 1.21 bits per heavy atom. The van der Waals surface area contributed by atoms with Crippen molar-refractivity contribution in [2.24, 2.45) is 0 Å². The molecule has 3 aromatic heterocycles. The summed E-state index contributed by atoms with van der Waals surface area (Å²) in [5, 5.41) is 13.7. The van der Waals surface area contributed by atoms with Crippen LogP contribution in [0.4, 0.5) is 11.6 Å². The Hall–Kier alpha value is -2.39. The SMILES string of the molecule is Cc1c2c(nn1[C@H]1C[C@@H](C)O[C@@H](C)C1)OCCCn1nc(Cl)c3cnc(nc31)N2. The van der Waals surface area contributed by atoms with Crippen LogP contribution in [0.2, 0.25) is 5.15 Å². The highest BCUT2D eigenvalue weighted by Crippen LogP contribution is 2.37. The van der Waals surface area contributed by atoms with E-state index < -0.39 is 0 Å². The number of rotatable bonds is 1. The smallest absolute Gasteiger partial charge is 0.257 e. The molecule has 29 heavy (non-hydrogen) atoms. The van der Waals surface area contributed by atoms with Gasteiger partial charge in [0, 0.05) is 19.2 Å². The van der Waals surface area contributed by atoms with Gasteiger partial charge in [0.25, 0.3) is 5.88 Å². The Bertz CT molecular complexity index is 1050. The Kier molecular flexibility index (Phi) is 4.59. The van der Waals surface area contributed by atoms with Crippen molar-refractivity contribution < 1.29 is 9.47 Å². The van der Waals surface area contributed by atoms with Crippen LogP contribution in [0.25, 0.3) is 11.0 Å². The molecule has 9 nitrogen and oxygen atoms in total. The summed E-state index contributed by atoms with van der Waals surface area (Å²) in [6.07, 6.45) is 4.72. The van der Waals surface area contributed by atoms with Gasteiger partial charge in [-0.2, -0.15) is 10.1 Å². The molecule has 3 aromatic rings. The van der Waals surface area contributed by atoms with Gasteiger partial charge in [0.15, 0.2) is 10.8 Å². The molecular formula is C19H24ClN7O2. The fraction of sp³-hybridized carbons (Fsp3) is 0.579. The number of hydrogen-bond acceptors (Lipinski definition) is 7. The highest BCUT2D eigenvalue weighted by molar-refractivity contribution is 6.34. The van der Waals surface area contributed by atoms with E-state index in [1.165, 1.54) is 0 Å². The fourth-order valence-electron chi connectivity index (χ4n) is 4.30. The van der Waals surface area contributed by atoms with E-state index in [0.29, 0.717) is 35.8 Å². The molecule has 1 fully saturated rings. The Morgan fingerprint density at radius 3 is 2.79 bits per heavy atom. The highest BCUT2D eigenvalue weighted by atomic mass is 35.5. The van der Waals surface area contributed by atoms with Crippen molar-refractivity contribution in [3.63, 3.8) is 0 Å². The molecule has 2 bridgehead atoms. The van der Waals surface area contributed by atoms with Gasteiger partial charge in [0.1, 0.15) is 5.69 Å². The minimum Gasteiger partial charge on any atom is -0.475 e. The lowest BCUT2D eigenvalue weighted by Gasteiger charge is -2.32. The topological polar surface area (TPSA) is 91.9 Å². The first-order chi connectivity index (χ1) is 14.0. The molecule has 2 aliphatic heterocycles. The maximum absolute atomic E-state index is 6.23. The largest absolute Gasteiger partial charge is 0.475 e. The first kappa shape index (κ1) is 18.6. The number of aryl methyl sites for hydroxylation is 1. The molecule has 5 heterocycles. The average Bonchev–Trinajstić information content (AvgIpc) is 3.15. The van der Waals surface area contributed by atoms with Crippen molar-refractivity contribution in [2.45, 2.75) is 64.8 Å². The van der Waals surface area contributed by atoms with Gasteiger partial charge in [-0.05, 0) is 33.6 Å². The van der Waals surface area contributed by atoms with E-state index in [2.05, 4.69) is 38.9 Å². The van der Waals surface area contributed by atoms with Crippen LogP contribution in [-0.4, -0.2) is 48.3 Å². The average molecular weight is 418 g/mol. The van der Waals surface area contributed by atoms with Crippen LogP contribution >= 0.6 is 11.6 Å². The van der Waals surface area contributed by atoms with E-state index in [0.717, 1.165) is 36.0 Å². The number of nitrogens with one attached hydrogen (secondary N) is 1. The Balaban J connectivity index is 1.55. The van der Waals surface area contributed by atoms with Crippen molar-refractivity contribution in [2.75, 3.05) is 11.9 Å². The summed E-state index contributed by atoms with van der Waals surface area (Å²) in [5.74, 6) is 1.05. The van der Waals surface area contributed by atoms with Gasteiger partial charge < -0.3 is 14.8 Å². The molecule has 0 radical (unpaired) electrons. The van der Waals surface area contributed by atoms with Crippen molar-refractivity contribution in [1.82, 2.24) is 29.5 Å². The molecular weight excluding hydrogens is 394 g/mol. The second-order valence-electron chi connectivity index (χ2n) is 7.86. The van der Waals surface area contributed by atoms with Gasteiger partial charge in [-0.15, -0.1) is 5.10 Å². The fourth-order valence-corrected chi connectivity index (χ4v) is 4.52. The quantitative estimate of drug-likeness (QED) is 0.646. The number of anilines is 2. The Morgan fingerprint density at radius 2 is 2.00 bits per heavy atom. The lowest BCUT2D eigenvalue weighted by molar-refractivity contribution is -0.0510. The van der Waals surface area contributed by atoms with E-state index in [-0.39, 0.29) is 18.2 Å². The molecule has 0 spiro atoms. The molecule has 1 N–H and O–H groups in total. The summed E-state index contributed by atoms with van der Waals surface area (Å²) in [5.41, 5.74) is 2.52. The van der Waals surface area contributed by atoms with Crippen molar-refractivity contribution in [3.05, 3.63) is 17.0 Å². The monoisotopic (exact) mass is 417 g/mol. The minimum atomic E-state index is 0.203. The summed E-state index contributed by atoms with van der Waals surface area (Å²) in [6.45, 7) is 7.45. The molecule has 0 aromatic carbocycles. The van der Waals surface area contributed by atoms with Gasteiger partial charge in [0.2, 0.25) is 5.95 Å². The normalized spacial score (nSPS) is 24.6. The van der Waals surface area contributed by atoms with Crippen molar-refractivity contribution in [3.8, 4) is 5.88 Å². The standard InChI is InChI=1S/C19H24ClN7O2/c1-10-7-13(8-11(2)29-10)27-12(3)15-18(25-27)28-6-4-5-26-17-14(16(20)24-26)9-21-19(22-15)23-17/h9-11,13H,4-8H2,1-3H3,(H,21,22,23)/t10-,11+,13+. The zero-order chi connectivity index (χ0) is 20.1. The third-order valence-electron chi connectivity index (χ3n) is 5.57. The van der Waals surface area contributed by atoms with Crippen LogP contribution < -0.4 is 10.1 Å². The summed E-state index contributed by atoms with van der Waals surface area (Å²) in [7, 11) is 0. The maximum atomic E-state index is 6.23. The maximum Gasteiger partial charge on any atom is 0.257 e. The zero-order valence-electron chi connectivity index (χ0n) is 16.7. The number of ether oxygens (including phenoxy) is 2. The summed E-state index contributed by atoms with van der Waals surface area (Å²) >= 11 is 6.23. The van der Waals surface area contributed by atoms with E-state index in [4.69, 9.17) is 26.2 Å². The molecule has 2 aliphatic rings. The molecule has 0 amide bonds. The first-order valence-corrected chi connectivity index (χ1v) is 10.4. The van der Waals surface area contributed by atoms with Crippen LogP contribution in [-0.2, 0) is 11.3 Å². The van der Waals surface area contributed by atoms with Crippen LogP contribution in [0.3, 0.4) is 0 Å².